The van der Waals surface area contributed by atoms with Crippen LogP contribution in [-0.4, -0.2) is 26.1 Å². The van der Waals surface area contributed by atoms with Crippen molar-refractivity contribution >= 4 is 55.8 Å². The van der Waals surface area contributed by atoms with Crippen molar-refractivity contribution in [2.75, 3.05) is 11.4 Å². The molecule has 0 aliphatic carbocycles. The van der Waals surface area contributed by atoms with Crippen LogP contribution in [0.3, 0.4) is 0 Å². The standard InChI is InChI=1S/C17H15N5OS.ClH/c1-3-22(11-6-7-14-13(9-11)19-10-21(14)2)17-20-15(23)12-5-4-8-18-16(12)24-17;/h4-10H,3H2,1-2H3;1H. The van der Waals surface area contributed by atoms with Crippen LogP contribution in [0.1, 0.15) is 6.92 Å². The molecular weight excluding hydrogens is 358 g/mol. The van der Waals surface area contributed by atoms with Crippen LogP contribution in [0.2, 0.25) is 0 Å². The molecule has 0 amide bonds. The van der Waals surface area contributed by atoms with Gasteiger partial charge in [-0.25, -0.2) is 9.97 Å². The van der Waals surface area contributed by atoms with Gasteiger partial charge >= 0.3 is 0 Å². The molecule has 3 heterocycles. The van der Waals surface area contributed by atoms with Crippen molar-refractivity contribution in [2.24, 2.45) is 7.05 Å². The molecule has 0 atom stereocenters. The zero-order chi connectivity index (χ0) is 16.7. The van der Waals surface area contributed by atoms with Gasteiger partial charge in [-0.15, -0.1) is 12.4 Å². The second-order valence-electron chi connectivity index (χ2n) is 5.43. The summed E-state index contributed by atoms with van der Waals surface area (Å²) in [4.78, 5) is 27.9. The average Bonchev–Trinajstić information content (AvgIpc) is 2.96. The van der Waals surface area contributed by atoms with Gasteiger partial charge in [-0.05, 0) is 37.3 Å². The Hall–Kier alpha value is -2.51. The Bertz CT molecular complexity index is 1110. The van der Waals surface area contributed by atoms with Crippen LogP contribution in [0.5, 0.6) is 0 Å². The van der Waals surface area contributed by atoms with Crippen molar-refractivity contribution < 1.29 is 0 Å². The monoisotopic (exact) mass is 373 g/mol. The van der Waals surface area contributed by atoms with Crippen LogP contribution in [0, 0.1) is 0 Å². The van der Waals surface area contributed by atoms with Crippen LogP contribution < -0.4 is 10.5 Å². The molecule has 128 valence electrons. The molecule has 6 nitrogen and oxygen atoms in total. The molecule has 0 radical (unpaired) electrons. The molecule has 8 heteroatoms. The fourth-order valence-electron chi connectivity index (χ4n) is 2.73. The van der Waals surface area contributed by atoms with Gasteiger partial charge in [-0.1, -0.05) is 11.3 Å². The van der Waals surface area contributed by atoms with Crippen molar-refractivity contribution in [3.63, 3.8) is 0 Å². The van der Waals surface area contributed by atoms with Gasteiger partial charge in [0.05, 0.1) is 22.7 Å². The fraction of sp³-hybridized carbons (Fsp3) is 0.176. The van der Waals surface area contributed by atoms with Gasteiger partial charge in [0.15, 0.2) is 5.13 Å². The SMILES string of the molecule is CCN(c1ccc2c(c1)ncn2C)c1nc(=O)c2cccnc2s1.Cl. The first-order valence-electron chi connectivity index (χ1n) is 7.62. The molecule has 0 bridgehead atoms. The van der Waals surface area contributed by atoms with E-state index >= 15 is 0 Å². The Kier molecular flexibility index (Phi) is 4.69. The quantitative estimate of drug-likeness (QED) is 0.549. The summed E-state index contributed by atoms with van der Waals surface area (Å²) in [6.07, 6.45) is 3.49. The molecule has 1 aromatic carbocycles. The first-order valence-corrected chi connectivity index (χ1v) is 8.43. The predicted octanol–water partition coefficient (Wildman–Crippen LogP) is 3.52. The molecule has 0 N–H and O–H groups in total. The van der Waals surface area contributed by atoms with E-state index in [4.69, 9.17) is 0 Å². The molecule has 0 saturated carbocycles. The number of hydrogen-bond donors (Lipinski definition) is 0. The summed E-state index contributed by atoms with van der Waals surface area (Å²) in [6.45, 7) is 2.73. The molecular formula is C17H16ClN5OS. The summed E-state index contributed by atoms with van der Waals surface area (Å²) in [5.41, 5.74) is 2.70. The smallest absolute Gasteiger partial charge is 0.282 e. The number of benzene rings is 1. The third-order valence-electron chi connectivity index (χ3n) is 3.95. The Morgan fingerprint density at radius 1 is 1.24 bits per heavy atom. The first-order chi connectivity index (χ1) is 11.7. The second kappa shape index (κ2) is 6.78. The first kappa shape index (κ1) is 17.3. The van der Waals surface area contributed by atoms with Crippen LogP contribution in [0.25, 0.3) is 21.3 Å². The highest BCUT2D eigenvalue weighted by Crippen LogP contribution is 2.30. The van der Waals surface area contributed by atoms with Gasteiger partial charge < -0.3 is 9.47 Å². The summed E-state index contributed by atoms with van der Waals surface area (Å²) < 4.78 is 1.98. The Morgan fingerprint density at radius 2 is 2.08 bits per heavy atom. The summed E-state index contributed by atoms with van der Waals surface area (Å²) in [5.74, 6) is 0. The van der Waals surface area contributed by atoms with Gasteiger partial charge in [-0.3, -0.25) is 4.79 Å². The van der Waals surface area contributed by atoms with Gasteiger partial charge in [0, 0.05) is 25.5 Å². The van der Waals surface area contributed by atoms with Gasteiger partial charge in [-0.2, -0.15) is 4.98 Å². The minimum Gasteiger partial charge on any atom is -0.334 e. The minimum atomic E-state index is -0.246. The molecule has 0 spiro atoms. The lowest BCUT2D eigenvalue weighted by molar-refractivity contribution is 0.947. The van der Waals surface area contributed by atoms with E-state index < -0.39 is 0 Å². The summed E-state index contributed by atoms with van der Waals surface area (Å²) >= 11 is 1.42. The lowest BCUT2D eigenvalue weighted by Gasteiger charge is -2.21. The zero-order valence-electron chi connectivity index (χ0n) is 13.7. The Balaban J connectivity index is 0.00000182. The highest BCUT2D eigenvalue weighted by atomic mass is 35.5. The maximum atomic E-state index is 12.3. The van der Waals surface area contributed by atoms with Crippen LogP contribution in [0.15, 0.2) is 47.7 Å². The number of halogens is 1. The number of imidazole rings is 1. The topological polar surface area (TPSA) is 63.9 Å². The lowest BCUT2D eigenvalue weighted by Crippen LogP contribution is -2.20. The van der Waals surface area contributed by atoms with Gasteiger partial charge in [0.25, 0.3) is 5.56 Å². The molecule has 0 aliphatic heterocycles. The lowest BCUT2D eigenvalue weighted by atomic mass is 10.2. The van der Waals surface area contributed by atoms with Crippen molar-refractivity contribution in [2.45, 2.75) is 6.92 Å². The third kappa shape index (κ3) is 2.96. The van der Waals surface area contributed by atoms with E-state index in [1.54, 1.807) is 24.7 Å². The van der Waals surface area contributed by atoms with E-state index in [9.17, 15) is 4.79 Å². The molecule has 3 aromatic heterocycles. The zero-order valence-corrected chi connectivity index (χ0v) is 15.3. The Labute approximate surface area is 154 Å². The molecule has 4 rings (SSSR count). The summed E-state index contributed by atoms with van der Waals surface area (Å²) in [5, 5.41) is 1.20. The van der Waals surface area contributed by atoms with Crippen LogP contribution in [-0.2, 0) is 7.05 Å². The molecule has 25 heavy (non-hydrogen) atoms. The number of rotatable bonds is 3. The number of aryl methyl sites for hydroxylation is 1. The summed E-state index contributed by atoms with van der Waals surface area (Å²) in [6, 6.07) is 9.58. The van der Waals surface area contributed by atoms with E-state index in [1.165, 1.54) is 11.3 Å². The van der Waals surface area contributed by atoms with E-state index in [0.717, 1.165) is 16.7 Å². The molecule has 0 aliphatic rings. The third-order valence-corrected chi connectivity index (χ3v) is 4.97. The number of nitrogens with zero attached hydrogens (tertiary/aromatic N) is 5. The Morgan fingerprint density at radius 3 is 2.88 bits per heavy atom. The van der Waals surface area contributed by atoms with E-state index in [0.29, 0.717) is 21.9 Å². The van der Waals surface area contributed by atoms with Gasteiger partial charge in [0.1, 0.15) is 4.83 Å². The van der Waals surface area contributed by atoms with Gasteiger partial charge in [0.2, 0.25) is 0 Å². The van der Waals surface area contributed by atoms with Crippen molar-refractivity contribution in [1.82, 2.24) is 19.5 Å². The predicted molar refractivity (Wildman–Crippen MR) is 104 cm³/mol. The maximum absolute atomic E-state index is 12.3. The van der Waals surface area contributed by atoms with Crippen molar-refractivity contribution in [1.29, 1.82) is 0 Å². The second-order valence-corrected chi connectivity index (χ2v) is 6.39. The number of anilines is 2. The highest BCUT2D eigenvalue weighted by molar-refractivity contribution is 7.21. The van der Waals surface area contributed by atoms with Crippen molar-refractivity contribution in [3.8, 4) is 0 Å². The van der Waals surface area contributed by atoms with E-state index in [-0.39, 0.29) is 18.0 Å². The van der Waals surface area contributed by atoms with Crippen LogP contribution in [0.4, 0.5) is 10.8 Å². The number of hydrogen-bond acceptors (Lipinski definition) is 6. The normalized spacial score (nSPS) is 10.8. The van der Waals surface area contributed by atoms with E-state index in [2.05, 4.69) is 15.0 Å². The summed E-state index contributed by atoms with van der Waals surface area (Å²) in [7, 11) is 1.97. The number of fused-ring (bicyclic) bond motifs is 2. The van der Waals surface area contributed by atoms with Crippen molar-refractivity contribution in [3.05, 3.63) is 53.2 Å². The van der Waals surface area contributed by atoms with Crippen LogP contribution >= 0.6 is 23.7 Å². The molecule has 0 unspecified atom stereocenters. The average molecular weight is 374 g/mol. The number of aromatic nitrogens is 4. The minimum absolute atomic E-state index is 0. The largest absolute Gasteiger partial charge is 0.334 e. The maximum Gasteiger partial charge on any atom is 0.282 e. The van der Waals surface area contributed by atoms with E-state index in [1.807, 2.05) is 41.6 Å². The molecule has 0 saturated heterocycles. The number of pyridine rings is 1. The highest BCUT2D eigenvalue weighted by Gasteiger charge is 2.14. The molecule has 4 aromatic rings. The molecule has 0 fully saturated rings. The fourth-order valence-corrected chi connectivity index (χ4v) is 3.75.